The highest BCUT2D eigenvalue weighted by atomic mass is 16.5. The number of nitrogens with zero attached hydrogens (tertiary/aromatic N) is 3. The molecule has 2 aromatic heterocycles. The van der Waals surface area contributed by atoms with E-state index in [0.29, 0.717) is 18.1 Å². The van der Waals surface area contributed by atoms with Gasteiger partial charge in [-0.3, -0.25) is 14.6 Å². The standard InChI is InChI=1S/C26H24N4O4/c1-33-22-9-7-21(8-10-22)24-15-23(29-34-24)26(32)30(17-20-5-3-2-4-6-20)18-25(31)28-16-19-11-13-27-14-12-19/h2-15H,16-18H2,1H3,(H,28,31). The van der Waals surface area contributed by atoms with Crippen LogP contribution in [0.15, 0.2) is 89.7 Å². The lowest BCUT2D eigenvalue weighted by molar-refractivity contribution is -0.122. The van der Waals surface area contributed by atoms with E-state index in [1.807, 2.05) is 54.6 Å². The second-order valence-corrected chi connectivity index (χ2v) is 7.58. The van der Waals surface area contributed by atoms with Gasteiger partial charge in [0.2, 0.25) is 5.91 Å². The van der Waals surface area contributed by atoms with Crippen molar-refractivity contribution in [3.63, 3.8) is 0 Å². The minimum atomic E-state index is -0.397. The lowest BCUT2D eigenvalue weighted by atomic mass is 10.1. The van der Waals surface area contributed by atoms with Gasteiger partial charge in [-0.25, -0.2) is 0 Å². The predicted octanol–water partition coefficient (Wildman–Crippen LogP) is 3.70. The summed E-state index contributed by atoms with van der Waals surface area (Å²) in [6.45, 7) is 0.483. The smallest absolute Gasteiger partial charge is 0.276 e. The maximum Gasteiger partial charge on any atom is 0.276 e. The van der Waals surface area contributed by atoms with Crippen molar-refractivity contribution in [3.05, 3.63) is 102 Å². The summed E-state index contributed by atoms with van der Waals surface area (Å²) in [7, 11) is 1.59. The molecule has 0 radical (unpaired) electrons. The van der Waals surface area contributed by atoms with Gasteiger partial charge >= 0.3 is 0 Å². The van der Waals surface area contributed by atoms with Crippen LogP contribution in [0.4, 0.5) is 0 Å². The van der Waals surface area contributed by atoms with Crippen LogP contribution in [0.1, 0.15) is 21.6 Å². The topological polar surface area (TPSA) is 97.6 Å². The molecule has 0 aliphatic carbocycles. The number of carbonyl (C=O) groups is 2. The van der Waals surface area contributed by atoms with Crippen LogP contribution < -0.4 is 10.1 Å². The molecule has 0 saturated carbocycles. The Morgan fingerprint density at radius 3 is 2.41 bits per heavy atom. The Hall–Kier alpha value is -4.46. The molecule has 0 fully saturated rings. The van der Waals surface area contributed by atoms with E-state index in [2.05, 4.69) is 15.5 Å². The zero-order valence-electron chi connectivity index (χ0n) is 18.7. The van der Waals surface area contributed by atoms with Gasteiger partial charge in [0.15, 0.2) is 11.5 Å². The number of carbonyl (C=O) groups excluding carboxylic acids is 2. The number of rotatable bonds is 9. The fourth-order valence-electron chi connectivity index (χ4n) is 3.36. The van der Waals surface area contributed by atoms with Crippen molar-refractivity contribution in [1.82, 2.24) is 20.4 Å². The van der Waals surface area contributed by atoms with E-state index in [-0.39, 0.29) is 24.7 Å². The van der Waals surface area contributed by atoms with E-state index >= 15 is 0 Å². The van der Waals surface area contributed by atoms with Crippen molar-refractivity contribution in [2.75, 3.05) is 13.7 Å². The second-order valence-electron chi connectivity index (χ2n) is 7.58. The predicted molar refractivity (Wildman–Crippen MR) is 126 cm³/mol. The third kappa shape index (κ3) is 5.86. The molecule has 0 spiro atoms. The maximum atomic E-state index is 13.3. The Bertz CT molecular complexity index is 1220. The highest BCUT2D eigenvalue weighted by Gasteiger charge is 2.23. The molecule has 0 aliphatic heterocycles. The highest BCUT2D eigenvalue weighted by Crippen LogP contribution is 2.24. The number of ether oxygens (including phenoxy) is 1. The molecule has 8 nitrogen and oxygen atoms in total. The molecule has 4 rings (SSSR count). The molecule has 2 amide bonds. The first kappa shape index (κ1) is 22.7. The number of aromatic nitrogens is 2. The summed E-state index contributed by atoms with van der Waals surface area (Å²) in [5.74, 6) is 0.491. The average Bonchev–Trinajstić information content (AvgIpc) is 3.38. The Kier molecular flexibility index (Phi) is 7.29. The van der Waals surface area contributed by atoms with Crippen molar-refractivity contribution in [2.45, 2.75) is 13.1 Å². The van der Waals surface area contributed by atoms with E-state index in [1.54, 1.807) is 37.7 Å². The molecule has 0 aliphatic rings. The SMILES string of the molecule is COc1ccc(-c2cc(C(=O)N(CC(=O)NCc3ccncc3)Cc3ccccc3)no2)cc1. The summed E-state index contributed by atoms with van der Waals surface area (Å²) >= 11 is 0. The van der Waals surface area contributed by atoms with Crippen LogP contribution in [-0.2, 0) is 17.9 Å². The van der Waals surface area contributed by atoms with Gasteiger partial charge < -0.3 is 19.5 Å². The Morgan fingerprint density at radius 2 is 1.71 bits per heavy atom. The van der Waals surface area contributed by atoms with Gasteiger partial charge in [0.1, 0.15) is 12.3 Å². The monoisotopic (exact) mass is 456 g/mol. The van der Waals surface area contributed by atoms with Crippen molar-refractivity contribution >= 4 is 11.8 Å². The van der Waals surface area contributed by atoms with Gasteiger partial charge in [-0.1, -0.05) is 35.5 Å². The van der Waals surface area contributed by atoms with Crippen LogP contribution in [0.2, 0.25) is 0 Å². The number of nitrogens with one attached hydrogen (secondary N) is 1. The number of hydrogen-bond acceptors (Lipinski definition) is 6. The summed E-state index contributed by atoms with van der Waals surface area (Å²) < 4.78 is 10.6. The summed E-state index contributed by atoms with van der Waals surface area (Å²) in [6, 6.07) is 22.0. The van der Waals surface area contributed by atoms with Crippen molar-refractivity contribution < 1.29 is 18.8 Å². The van der Waals surface area contributed by atoms with Gasteiger partial charge in [-0.05, 0) is 47.5 Å². The first-order valence-electron chi connectivity index (χ1n) is 10.7. The molecule has 4 aromatic rings. The van der Waals surface area contributed by atoms with Crippen molar-refractivity contribution in [1.29, 1.82) is 0 Å². The molecule has 0 saturated heterocycles. The van der Waals surface area contributed by atoms with E-state index in [1.165, 1.54) is 4.90 Å². The summed E-state index contributed by atoms with van der Waals surface area (Å²) in [6.07, 6.45) is 3.33. The van der Waals surface area contributed by atoms with Gasteiger partial charge in [0.25, 0.3) is 5.91 Å². The third-order valence-corrected chi connectivity index (χ3v) is 5.18. The molecule has 0 bridgehead atoms. The molecule has 172 valence electrons. The van der Waals surface area contributed by atoms with Crippen LogP contribution >= 0.6 is 0 Å². The first-order valence-corrected chi connectivity index (χ1v) is 10.7. The fraction of sp³-hybridized carbons (Fsp3) is 0.154. The van der Waals surface area contributed by atoms with Gasteiger partial charge in [0.05, 0.1) is 7.11 Å². The number of methoxy groups -OCH3 is 1. The summed E-state index contributed by atoms with van der Waals surface area (Å²) in [5.41, 5.74) is 2.71. The summed E-state index contributed by atoms with van der Waals surface area (Å²) in [4.78, 5) is 31.4. The number of benzene rings is 2. The first-order chi connectivity index (χ1) is 16.6. The third-order valence-electron chi connectivity index (χ3n) is 5.18. The maximum absolute atomic E-state index is 13.3. The van der Waals surface area contributed by atoms with Crippen LogP contribution in [0.5, 0.6) is 5.75 Å². The Morgan fingerprint density at radius 1 is 0.971 bits per heavy atom. The lowest BCUT2D eigenvalue weighted by Crippen LogP contribution is -2.40. The number of pyridine rings is 1. The largest absolute Gasteiger partial charge is 0.497 e. The van der Waals surface area contributed by atoms with E-state index in [4.69, 9.17) is 9.26 Å². The normalized spacial score (nSPS) is 10.5. The van der Waals surface area contributed by atoms with Crippen LogP contribution in [-0.4, -0.2) is 40.5 Å². The molecular formula is C26H24N4O4. The van der Waals surface area contributed by atoms with Crippen LogP contribution in [0.3, 0.4) is 0 Å². The van der Waals surface area contributed by atoms with Crippen LogP contribution in [0.25, 0.3) is 11.3 Å². The Balaban J connectivity index is 1.49. The van der Waals surface area contributed by atoms with E-state index in [0.717, 1.165) is 16.7 Å². The van der Waals surface area contributed by atoms with E-state index < -0.39 is 5.91 Å². The van der Waals surface area contributed by atoms with E-state index in [9.17, 15) is 9.59 Å². The molecule has 1 N–H and O–H groups in total. The lowest BCUT2D eigenvalue weighted by Gasteiger charge is -2.21. The Labute approximate surface area is 197 Å². The molecule has 8 heteroatoms. The van der Waals surface area contributed by atoms with Gasteiger partial charge in [-0.2, -0.15) is 0 Å². The molecular weight excluding hydrogens is 432 g/mol. The van der Waals surface area contributed by atoms with Gasteiger partial charge in [-0.15, -0.1) is 0 Å². The average molecular weight is 457 g/mol. The minimum absolute atomic E-state index is 0.121. The molecule has 0 unspecified atom stereocenters. The second kappa shape index (κ2) is 10.9. The van der Waals surface area contributed by atoms with Crippen molar-refractivity contribution in [2.24, 2.45) is 0 Å². The van der Waals surface area contributed by atoms with Gasteiger partial charge in [0, 0.05) is 37.1 Å². The molecule has 2 heterocycles. The zero-order chi connectivity index (χ0) is 23.8. The number of amides is 2. The fourth-order valence-corrected chi connectivity index (χ4v) is 3.36. The van der Waals surface area contributed by atoms with Crippen molar-refractivity contribution in [3.8, 4) is 17.1 Å². The quantitative estimate of drug-likeness (QED) is 0.412. The van der Waals surface area contributed by atoms with Crippen LogP contribution in [0, 0.1) is 0 Å². The summed E-state index contributed by atoms with van der Waals surface area (Å²) in [5, 5.41) is 6.81. The molecule has 2 aromatic carbocycles. The molecule has 0 atom stereocenters. The molecule has 34 heavy (non-hydrogen) atoms. The highest BCUT2D eigenvalue weighted by molar-refractivity contribution is 5.95. The number of hydrogen-bond donors (Lipinski definition) is 1. The minimum Gasteiger partial charge on any atom is -0.497 e. The zero-order valence-corrected chi connectivity index (χ0v) is 18.7.